The van der Waals surface area contributed by atoms with Gasteiger partial charge in [0, 0.05) is 32.7 Å². The Morgan fingerprint density at radius 3 is 2.57 bits per heavy atom. The molecule has 0 bridgehead atoms. The van der Waals surface area contributed by atoms with Crippen molar-refractivity contribution < 1.29 is 14.3 Å². The highest BCUT2D eigenvalue weighted by Gasteiger charge is 2.18. The second kappa shape index (κ2) is 16.1. The molecule has 1 N–H and O–H groups in total. The summed E-state index contributed by atoms with van der Waals surface area (Å²) in [5, 5.41) is 2.76. The fourth-order valence-corrected chi connectivity index (χ4v) is 2.52. The van der Waals surface area contributed by atoms with Gasteiger partial charge in [0.05, 0.1) is 6.61 Å². The van der Waals surface area contributed by atoms with Crippen LogP contribution in [-0.4, -0.2) is 58.0 Å². The molecule has 0 aromatic heterocycles. The van der Waals surface area contributed by atoms with Crippen LogP contribution >= 0.6 is 0 Å². The van der Waals surface area contributed by atoms with Crippen LogP contribution in [0.3, 0.4) is 0 Å². The normalized spacial score (nSPS) is 18.0. The van der Waals surface area contributed by atoms with Gasteiger partial charge in [0.1, 0.15) is 0 Å². The number of nitrogens with zero attached hydrogens (tertiary/aromatic N) is 1. The van der Waals surface area contributed by atoms with E-state index in [1.807, 2.05) is 0 Å². The maximum absolute atomic E-state index is 11.3. The Kier molecular flexibility index (Phi) is 15.5. The van der Waals surface area contributed by atoms with Crippen molar-refractivity contribution in [2.75, 3.05) is 47.0 Å². The van der Waals surface area contributed by atoms with Gasteiger partial charge in [0.2, 0.25) is 0 Å². The maximum atomic E-state index is 11.3. The third-order valence-corrected chi connectivity index (χ3v) is 3.92. The summed E-state index contributed by atoms with van der Waals surface area (Å²) in [4.78, 5) is 13.6. The lowest BCUT2D eigenvalue weighted by molar-refractivity contribution is 0.0979. The van der Waals surface area contributed by atoms with Gasteiger partial charge in [0.15, 0.2) is 0 Å². The molecule has 1 fully saturated rings. The molecule has 1 atom stereocenters. The minimum Gasteiger partial charge on any atom is -0.449 e. The molecule has 1 unspecified atom stereocenters. The van der Waals surface area contributed by atoms with Crippen molar-refractivity contribution in [2.45, 2.75) is 58.8 Å². The van der Waals surface area contributed by atoms with E-state index in [1.54, 1.807) is 7.11 Å². The SMILES string of the molecule is CCCCCOC.CCCCNC(=O)OCC1CCCN(C)C1. The van der Waals surface area contributed by atoms with E-state index in [9.17, 15) is 4.79 Å². The number of methoxy groups -OCH3 is 1. The van der Waals surface area contributed by atoms with Crippen LogP contribution in [-0.2, 0) is 9.47 Å². The zero-order valence-electron chi connectivity index (χ0n) is 15.7. The molecule has 5 heteroatoms. The molecular formula is C18H38N2O3. The van der Waals surface area contributed by atoms with Gasteiger partial charge in [-0.05, 0) is 39.3 Å². The molecule has 0 aromatic rings. The number of unbranched alkanes of at least 4 members (excludes halogenated alkanes) is 3. The molecule has 1 amide bonds. The highest BCUT2D eigenvalue weighted by molar-refractivity contribution is 5.67. The predicted molar refractivity (Wildman–Crippen MR) is 95.9 cm³/mol. The summed E-state index contributed by atoms with van der Waals surface area (Å²) in [6, 6.07) is 0. The quantitative estimate of drug-likeness (QED) is 0.655. The number of alkyl carbamates (subject to hydrolysis) is 1. The average Bonchev–Trinajstić information content (AvgIpc) is 2.54. The molecule has 1 saturated heterocycles. The summed E-state index contributed by atoms with van der Waals surface area (Å²) in [6.45, 7) is 8.71. The molecule has 138 valence electrons. The molecule has 0 aliphatic carbocycles. The second-order valence-electron chi connectivity index (χ2n) is 6.35. The summed E-state index contributed by atoms with van der Waals surface area (Å²) < 4.78 is 10.0. The Morgan fingerprint density at radius 2 is 1.96 bits per heavy atom. The fourth-order valence-electron chi connectivity index (χ4n) is 2.52. The smallest absolute Gasteiger partial charge is 0.407 e. The van der Waals surface area contributed by atoms with Gasteiger partial charge in [-0.2, -0.15) is 0 Å². The standard InChI is InChI=1S/C12H24N2O2.C6H14O/c1-3-4-7-13-12(15)16-10-11-6-5-8-14(2)9-11;1-3-4-5-6-7-2/h11H,3-10H2,1-2H3,(H,13,15);3-6H2,1-2H3. The van der Waals surface area contributed by atoms with Crippen LogP contribution in [0.25, 0.3) is 0 Å². The van der Waals surface area contributed by atoms with Crippen molar-refractivity contribution >= 4 is 6.09 Å². The molecular weight excluding hydrogens is 292 g/mol. The summed E-state index contributed by atoms with van der Waals surface area (Å²) in [5.74, 6) is 0.510. The minimum atomic E-state index is -0.262. The molecule has 1 aliphatic rings. The molecule has 0 spiro atoms. The van der Waals surface area contributed by atoms with E-state index in [4.69, 9.17) is 9.47 Å². The molecule has 1 aliphatic heterocycles. The first kappa shape index (κ1) is 22.2. The molecule has 0 radical (unpaired) electrons. The lowest BCUT2D eigenvalue weighted by atomic mass is 10.00. The van der Waals surface area contributed by atoms with E-state index in [0.717, 1.165) is 32.5 Å². The van der Waals surface area contributed by atoms with Gasteiger partial charge >= 0.3 is 6.09 Å². The predicted octanol–water partition coefficient (Wildman–Crippen LogP) is 3.68. The monoisotopic (exact) mass is 330 g/mol. The Hall–Kier alpha value is -0.810. The third kappa shape index (κ3) is 14.5. The lowest BCUT2D eigenvalue weighted by Gasteiger charge is -2.29. The number of carbonyl (C=O) groups is 1. The number of nitrogens with one attached hydrogen (secondary N) is 1. The Bertz CT molecular complexity index is 271. The van der Waals surface area contributed by atoms with E-state index in [-0.39, 0.29) is 6.09 Å². The zero-order valence-corrected chi connectivity index (χ0v) is 15.7. The molecule has 5 nitrogen and oxygen atoms in total. The van der Waals surface area contributed by atoms with Crippen molar-refractivity contribution in [3.63, 3.8) is 0 Å². The first-order chi connectivity index (χ1) is 11.1. The number of rotatable bonds is 9. The minimum absolute atomic E-state index is 0.262. The van der Waals surface area contributed by atoms with Crippen molar-refractivity contribution in [3.05, 3.63) is 0 Å². The molecule has 1 heterocycles. The first-order valence-corrected chi connectivity index (χ1v) is 9.22. The molecule has 0 aromatic carbocycles. The van der Waals surface area contributed by atoms with Crippen LogP contribution in [0.4, 0.5) is 4.79 Å². The van der Waals surface area contributed by atoms with Gasteiger partial charge in [0.25, 0.3) is 0 Å². The number of piperidine rings is 1. The van der Waals surface area contributed by atoms with E-state index < -0.39 is 0 Å². The van der Waals surface area contributed by atoms with Crippen LogP contribution in [0.2, 0.25) is 0 Å². The highest BCUT2D eigenvalue weighted by Crippen LogP contribution is 2.15. The topological polar surface area (TPSA) is 50.8 Å². The number of ether oxygens (including phenoxy) is 2. The number of hydrogen-bond acceptors (Lipinski definition) is 4. The van der Waals surface area contributed by atoms with Crippen molar-refractivity contribution in [1.29, 1.82) is 0 Å². The number of hydrogen-bond donors (Lipinski definition) is 1. The molecule has 0 saturated carbocycles. The highest BCUT2D eigenvalue weighted by atomic mass is 16.5. The second-order valence-corrected chi connectivity index (χ2v) is 6.35. The molecule has 23 heavy (non-hydrogen) atoms. The van der Waals surface area contributed by atoms with Gasteiger partial charge in [-0.25, -0.2) is 4.79 Å². The van der Waals surface area contributed by atoms with E-state index in [1.165, 1.54) is 38.6 Å². The van der Waals surface area contributed by atoms with Crippen LogP contribution in [0, 0.1) is 5.92 Å². The number of likely N-dealkylation sites (tertiary alicyclic amines) is 1. The maximum Gasteiger partial charge on any atom is 0.407 e. The largest absolute Gasteiger partial charge is 0.449 e. The van der Waals surface area contributed by atoms with Crippen molar-refractivity contribution in [2.24, 2.45) is 5.92 Å². The van der Waals surface area contributed by atoms with E-state index in [2.05, 4.69) is 31.1 Å². The van der Waals surface area contributed by atoms with Crippen LogP contribution < -0.4 is 5.32 Å². The number of amides is 1. The third-order valence-electron chi connectivity index (χ3n) is 3.92. The van der Waals surface area contributed by atoms with Crippen molar-refractivity contribution in [3.8, 4) is 0 Å². The Morgan fingerprint density at radius 1 is 1.22 bits per heavy atom. The summed E-state index contributed by atoms with van der Waals surface area (Å²) in [5.41, 5.74) is 0. The van der Waals surface area contributed by atoms with Crippen molar-refractivity contribution in [1.82, 2.24) is 10.2 Å². The fraction of sp³-hybridized carbons (Fsp3) is 0.944. The van der Waals surface area contributed by atoms with Gasteiger partial charge in [-0.1, -0.05) is 33.1 Å². The first-order valence-electron chi connectivity index (χ1n) is 9.22. The van der Waals surface area contributed by atoms with Gasteiger partial charge in [-0.15, -0.1) is 0 Å². The number of carbonyl (C=O) groups excluding carboxylic acids is 1. The summed E-state index contributed by atoms with van der Waals surface area (Å²) in [7, 11) is 3.86. The van der Waals surface area contributed by atoms with Gasteiger partial charge < -0.3 is 19.7 Å². The van der Waals surface area contributed by atoms with Crippen LogP contribution in [0.1, 0.15) is 58.8 Å². The lowest BCUT2D eigenvalue weighted by Crippen LogP contribution is -2.36. The van der Waals surface area contributed by atoms with Crippen LogP contribution in [0.5, 0.6) is 0 Å². The Labute approximate surface area is 143 Å². The van der Waals surface area contributed by atoms with E-state index >= 15 is 0 Å². The van der Waals surface area contributed by atoms with Gasteiger partial charge in [-0.3, -0.25) is 0 Å². The summed E-state index contributed by atoms with van der Waals surface area (Å²) in [6.07, 6.45) is 8.02. The Balaban J connectivity index is 0.000000585. The van der Waals surface area contributed by atoms with E-state index in [0.29, 0.717) is 12.5 Å². The average molecular weight is 331 g/mol. The molecule has 1 rings (SSSR count). The van der Waals surface area contributed by atoms with Crippen LogP contribution in [0.15, 0.2) is 0 Å². The zero-order chi connectivity index (χ0) is 17.3. The summed E-state index contributed by atoms with van der Waals surface area (Å²) >= 11 is 0.